The number of aryl methyl sites for hydroxylation is 1. The van der Waals surface area contributed by atoms with Crippen LogP contribution in [0.5, 0.6) is 0 Å². The van der Waals surface area contributed by atoms with E-state index in [2.05, 4.69) is 10.3 Å². The van der Waals surface area contributed by atoms with Crippen LogP contribution in [0.2, 0.25) is 0 Å². The second kappa shape index (κ2) is 6.36. The summed E-state index contributed by atoms with van der Waals surface area (Å²) in [6.45, 7) is 2.46. The summed E-state index contributed by atoms with van der Waals surface area (Å²) in [4.78, 5) is 16.4. The lowest BCUT2D eigenvalue weighted by Gasteiger charge is -2.03. The predicted octanol–water partition coefficient (Wildman–Crippen LogP) is 3.16. The van der Waals surface area contributed by atoms with E-state index in [9.17, 15) is 4.79 Å². The number of aromatic nitrogens is 1. The Labute approximate surface area is 134 Å². The minimum absolute atomic E-state index is 0.232. The SMILES string of the molecule is Cc1ccc(CNC(=O)c2coc(-c3ccccc3N)n2)cc1. The van der Waals surface area contributed by atoms with Gasteiger partial charge in [-0.3, -0.25) is 4.79 Å². The van der Waals surface area contributed by atoms with Crippen molar-refractivity contribution in [2.45, 2.75) is 13.5 Å². The summed E-state index contributed by atoms with van der Waals surface area (Å²) in [5.74, 6) is 0.0543. The van der Waals surface area contributed by atoms with Crippen LogP contribution in [0, 0.1) is 6.92 Å². The van der Waals surface area contributed by atoms with Gasteiger partial charge in [-0.05, 0) is 24.6 Å². The number of anilines is 1. The number of nitrogen functional groups attached to an aromatic ring is 1. The topological polar surface area (TPSA) is 81.2 Å². The van der Waals surface area contributed by atoms with Gasteiger partial charge in [0.2, 0.25) is 5.89 Å². The van der Waals surface area contributed by atoms with Crippen LogP contribution in [-0.4, -0.2) is 10.9 Å². The minimum atomic E-state index is -0.282. The first-order valence-corrected chi connectivity index (χ1v) is 7.27. The number of para-hydroxylation sites is 1. The van der Waals surface area contributed by atoms with Gasteiger partial charge in [-0.15, -0.1) is 0 Å². The lowest BCUT2D eigenvalue weighted by molar-refractivity contribution is 0.0946. The Morgan fingerprint density at radius 3 is 2.65 bits per heavy atom. The number of benzene rings is 2. The van der Waals surface area contributed by atoms with E-state index < -0.39 is 0 Å². The molecule has 3 N–H and O–H groups in total. The van der Waals surface area contributed by atoms with Crippen LogP contribution in [0.15, 0.2) is 59.2 Å². The smallest absolute Gasteiger partial charge is 0.273 e. The van der Waals surface area contributed by atoms with Gasteiger partial charge >= 0.3 is 0 Å². The predicted molar refractivity (Wildman–Crippen MR) is 88.7 cm³/mol. The van der Waals surface area contributed by atoms with Crippen LogP contribution in [0.25, 0.3) is 11.5 Å². The number of carbonyl (C=O) groups excluding carboxylic acids is 1. The highest BCUT2D eigenvalue weighted by molar-refractivity contribution is 5.92. The van der Waals surface area contributed by atoms with E-state index in [0.29, 0.717) is 23.7 Å². The third kappa shape index (κ3) is 3.40. The number of carbonyl (C=O) groups is 1. The number of nitrogens with zero attached hydrogens (tertiary/aromatic N) is 1. The van der Waals surface area contributed by atoms with E-state index in [0.717, 1.165) is 5.56 Å². The van der Waals surface area contributed by atoms with Crippen molar-refractivity contribution < 1.29 is 9.21 Å². The molecule has 5 heteroatoms. The average molecular weight is 307 g/mol. The van der Waals surface area contributed by atoms with Crippen LogP contribution >= 0.6 is 0 Å². The first kappa shape index (κ1) is 14.8. The summed E-state index contributed by atoms with van der Waals surface area (Å²) in [7, 11) is 0. The molecule has 3 aromatic rings. The van der Waals surface area contributed by atoms with Gasteiger partial charge in [0.1, 0.15) is 6.26 Å². The van der Waals surface area contributed by atoms with E-state index in [1.165, 1.54) is 11.8 Å². The molecule has 0 fully saturated rings. The molecule has 0 aliphatic carbocycles. The molecule has 5 nitrogen and oxygen atoms in total. The van der Waals surface area contributed by atoms with Gasteiger partial charge in [-0.2, -0.15) is 0 Å². The van der Waals surface area contributed by atoms with E-state index >= 15 is 0 Å². The van der Waals surface area contributed by atoms with Gasteiger partial charge < -0.3 is 15.5 Å². The monoisotopic (exact) mass is 307 g/mol. The van der Waals surface area contributed by atoms with Gasteiger partial charge in [0.05, 0.1) is 5.56 Å². The van der Waals surface area contributed by atoms with Crippen molar-refractivity contribution in [3.63, 3.8) is 0 Å². The van der Waals surface area contributed by atoms with Crippen molar-refractivity contribution in [3.05, 3.63) is 71.6 Å². The molecule has 1 heterocycles. The van der Waals surface area contributed by atoms with Crippen LogP contribution in [0.1, 0.15) is 21.6 Å². The maximum atomic E-state index is 12.1. The summed E-state index contributed by atoms with van der Waals surface area (Å²) in [6.07, 6.45) is 1.34. The number of amides is 1. The van der Waals surface area contributed by atoms with Crippen molar-refractivity contribution in [2.24, 2.45) is 0 Å². The van der Waals surface area contributed by atoms with Crippen LogP contribution in [0.4, 0.5) is 5.69 Å². The maximum absolute atomic E-state index is 12.1. The number of rotatable bonds is 4. The second-order valence-corrected chi connectivity index (χ2v) is 5.29. The molecule has 0 aliphatic heterocycles. The maximum Gasteiger partial charge on any atom is 0.273 e. The first-order valence-electron chi connectivity index (χ1n) is 7.27. The minimum Gasteiger partial charge on any atom is -0.444 e. The van der Waals surface area contributed by atoms with E-state index in [4.69, 9.17) is 10.2 Å². The van der Waals surface area contributed by atoms with Crippen molar-refractivity contribution in [1.29, 1.82) is 0 Å². The van der Waals surface area contributed by atoms with E-state index in [-0.39, 0.29) is 11.6 Å². The van der Waals surface area contributed by atoms with Crippen LogP contribution < -0.4 is 11.1 Å². The van der Waals surface area contributed by atoms with Crippen molar-refractivity contribution >= 4 is 11.6 Å². The molecular formula is C18H17N3O2. The van der Waals surface area contributed by atoms with Crippen molar-refractivity contribution in [1.82, 2.24) is 10.3 Å². The zero-order valence-corrected chi connectivity index (χ0v) is 12.7. The molecule has 0 radical (unpaired) electrons. The molecule has 3 rings (SSSR count). The molecule has 0 unspecified atom stereocenters. The molecule has 116 valence electrons. The molecule has 0 aliphatic rings. The van der Waals surface area contributed by atoms with Crippen molar-refractivity contribution in [2.75, 3.05) is 5.73 Å². The van der Waals surface area contributed by atoms with Gasteiger partial charge in [-0.25, -0.2) is 4.98 Å². The Morgan fingerprint density at radius 2 is 1.91 bits per heavy atom. The Balaban J connectivity index is 1.69. The molecule has 0 spiro atoms. The summed E-state index contributed by atoms with van der Waals surface area (Å²) in [5, 5.41) is 2.82. The van der Waals surface area contributed by atoms with Crippen molar-refractivity contribution in [3.8, 4) is 11.5 Å². The normalized spacial score (nSPS) is 10.5. The summed E-state index contributed by atoms with van der Waals surface area (Å²) < 4.78 is 5.37. The number of nitrogens with one attached hydrogen (secondary N) is 1. The zero-order chi connectivity index (χ0) is 16.2. The van der Waals surface area contributed by atoms with Gasteiger partial charge in [0.25, 0.3) is 5.91 Å². The number of nitrogens with two attached hydrogens (primary N) is 1. The Bertz CT molecular complexity index is 822. The molecular weight excluding hydrogens is 290 g/mol. The molecule has 0 saturated heterocycles. The molecule has 2 aromatic carbocycles. The summed E-state index contributed by atoms with van der Waals surface area (Å²) >= 11 is 0. The lowest BCUT2D eigenvalue weighted by Crippen LogP contribution is -2.23. The van der Waals surface area contributed by atoms with E-state index in [1.807, 2.05) is 43.3 Å². The Morgan fingerprint density at radius 1 is 1.17 bits per heavy atom. The standard InChI is InChI=1S/C18H17N3O2/c1-12-6-8-13(9-7-12)10-20-17(22)16-11-23-18(21-16)14-4-2-3-5-15(14)19/h2-9,11H,10,19H2,1H3,(H,20,22). The number of hydrogen-bond donors (Lipinski definition) is 2. The summed E-state index contributed by atoms with van der Waals surface area (Å²) in [6, 6.07) is 15.2. The highest BCUT2D eigenvalue weighted by Gasteiger charge is 2.14. The average Bonchev–Trinajstić information content (AvgIpc) is 3.04. The fraction of sp³-hybridized carbons (Fsp3) is 0.111. The van der Waals surface area contributed by atoms with Gasteiger partial charge in [0, 0.05) is 12.2 Å². The third-order valence-electron chi connectivity index (χ3n) is 3.50. The fourth-order valence-corrected chi connectivity index (χ4v) is 2.17. The van der Waals surface area contributed by atoms with E-state index in [1.54, 1.807) is 12.1 Å². The highest BCUT2D eigenvalue weighted by atomic mass is 16.3. The highest BCUT2D eigenvalue weighted by Crippen LogP contribution is 2.24. The van der Waals surface area contributed by atoms with Gasteiger partial charge in [-0.1, -0.05) is 42.0 Å². The second-order valence-electron chi connectivity index (χ2n) is 5.29. The third-order valence-corrected chi connectivity index (χ3v) is 3.50. The zero-order valence-electron chi connectivity index (χ0n) is 12.7. The Kier molecular flexibility index (Phi) is 4.10. The number of hydrogen-bond acceptors (Lipinski definition) is 4. The molecule has 1 amide bonds. The summed E-state index contributed by atoms with van der Waals surface area (Å²) in [5.41, 5.74) is 9.55. The Hall–Kier alpha value is -3.08. The largest absolute Gasteiger partial charge is 0.444 e. The fourth-order valence-electron chi connectivity index (χ4n) is 2.17. The number of oxazole rings is 1. The van der Waals surface area contributed by atoms with Crippen LogP contribution in [0.3, 0.4) is 0 Å². The molecule has 23 heavy (non-hydrogen) atoms. The quantitative estimate of drug-likeness (QED) is 0.725. The molecule has 0 bridgehead atoms. The molecule has 0 saturated carbocycles. The lowest BCUT2D eigenvalue weighted by atomic mass is 10.1. The van der Waals surface area contributed by atoms with Gasteiger partial charge in [0.15, 0.2) is 5.69 Å². The first-order chi connectivity index (χ1) is 11.1. The van der Waals surface area contributed by atoms with Crippen LogP contribution in [-0.2, 0) is 6.54 Å². The molecule has 1 aromatic heterocycles. The molecule has 0 atom stereocenters.